The number of unbranched alkanes of at least 4 members (excludes halogenated alkanes) is 1. The molecule has 0 saturated heterocycles. The maximum absolute atomic E-state index is 3.79. The minimum Gasteiger partial charge on any atom is -0.311 e. The molecule has 0 heterocycles. The van der Waals surface area contributed by atoms with Crippen molar-refractivity contribution in [2.75, 3.05) is 0 Å². The molecular weight excluding hydrogens is 191 g/mol. The molecule has 15 heavy (non-hydrogen) atoms. The third-order valence-corrected chi connectivity index (χ3v) is 4.49. The zero-order valence-corrected chi connectivity index (χ0v) is 13.2. The predicted molar refractivity (Wildman–Crippen MR) is 63.9 cm³/mol. The second-order valence-electron chi connectivity index (χ2n) is 5.06. The number of hydrogen-bond donors (Lipinski definition) is 0. The van der Waals surface area contributed by atoms with E-state index < -0.39 is 0 Å². The van der Waals surface area contributed by atoms with Crippen LogP contribution in [0.5, 0.6) is 0 Å². The van der Waals surface area contributed by atoms with Crippen molar-refractivity contribution >= 4 is 0 Å². The van der Waals surface area contributed by atoms with Crippen LogP contribution in [0.4, 0.5) is 0 Å². The molecule has 0 aromatic rings. The molecule has 1 aliphatic rings. The molecule has 82 valence electrons. The molecule has 1 fully saturated rings. The Balaban J connectivity index is 0.00000196. The Hall–Kier alpha value is 0.740. The fraction of sp³-hybridized carbons (Fsp3) is 0.786. The van der Waals surface area contributed by atoms with Gasteiger partial charge in [0.1, 0.15) is 0 Å². The minimum atomic E-state index is 0. The Morgan fingerprint density at radius 1 is 1.20 bits per heavy atom. The van der Waals surface area contributed by atoms with E-state index in [9.17, 15) is 0 Å². The van der Waals surface area contributed by atoms with Gasteiger partial charge in [0.15, 0.2) is 0 Å². The number of allylic oxidation sites excluding steroid dienone is 1. The van der Waals surface area contributed by atoms with Gasteiger partial charge in [-0.2, -0.15) is 18.8 Å². The van der Waals surface area contributed by atoms with E-state index in [0.717, 1.165) is 23.7 Å². The van der Waals surface area contributed by atoms with Crippen molar-refractivity contribution in [1.82, 2.24) is 0 Å². The van der Waals surface area contributed by atoms with Crippen LogP contribution in [0.1, 0.15) is 47.0 Å². The van der Waals surface area contributed by atoms with Gasteiger partial charge in [-0.3, -0.25) is 0 Å². The van der Waals surface area contributed by atoms with Crippen LogP contribution in [-0.2, 0) is 0 Å². The fourth-order valence-electron chi connectivity index (χ4n) is 3.00. The van der Waals surface area contributed by atoms with Gasteiger partial charge >= 0.3 is 29.6 Å². The third kappa shape index (κ3) is 3.61. The van der Waals surface area contributed by atoms with Gasteiger partial charge in [-0.05, 0) is 12.8 Å². The van der Waals surface area contributed by atoms with Crippen molar-refractivity contribution < 1.29 is 29.6 Å². The monoisotopic (exact) mass is 216 g/mol. The van der Waals surface area contributed by atoms with Gasteiger partial charge < -0.3 is 5.92 Å². The SMILES string of the molecule is C=CCCCC1C(C)[C-](C)C(C)C1C.[Na+]. The van der Waals surface area contributed by atoms with Crippen molar-refractivity contribution in [2.24, 2.45) is 23.7 Å². The minimum absolute atomic E-state index is 0. The summed E-state index contributed by atoms with van der Waals surface area (Å²) in [5, 5.41) is 0. The van der Waals surface area contributed by atoms with Gasteiger partial charge in [0.05, 0.1) is 0 Å². The van der Waals surface area contributed by atoms with E-state index in [1.807, 2.05) is 6.08 Å². The molecule has 0 amide bonds. The van der Waals surface area contributed by atoms with Crippen molar-refractivity contribution in [3.05, 3.63) is 18.6 Å². The summed E-state index contributed by atoms with van der Waals surface area (Å²) in [6.45, 7) is 13.4. The molecule has 4 atom stereocenters. The van der Waals surface area contributed by atoms with Crippen LogP contribution in [-0.4, -0.2) is 0 Å². The first-order valence-electron chi connectivity index (χ1n) is 6.03. The van der Waals surface area contributed by atoms with E-state index >= 15 is 0 Å². The first-order valence-corrected chi connectivity index (χ1v) is 6.03. The molecule has 0 aromatic heterocycles. The summed E-state index contributed by atoms with van der Waals surface area (Å²) in [4.78, 5) is 0. The molecule has 0 nitrogen and oxygen atoms in total. The molecular formula is C14H25Na. The Morgan fingerprint density at radius 2 is 1.80 bits per heavy atom. The van der Waals surface area contributed by atoms with Gasteiger partial charge in [0.2, 0.25) is 0 Å². The van der Waals surface area contributed by atoms with Crippen molar-refractivity contribution in [3.63, 3.8) is 0 Å². The smallest absolute Gasteiger partial charge is 0.311 e. The van der Waals surface area contributed by atoms with Gasteiger partial charge in [0.25, 0.3) is 0 Å². The first kappa shape index (κ1) is 15.7. The summed E-state index contributed by atoms with van der Waals surface area (Å²) in [6.07, 6.45) is 5.94. The van der Waals surface area contributed by atoms with Crippen LogP contribution in [0.3, 0.4) is 0 Å². The van der Waals surface area contributed by atoms with E-state index in [2.05, 4.69) is 34.3 Å². The van der Waals surface area contributed by atoms with Gasteiger partial charge in [-0.25, -0.2) is 0 Å². The molecule has 1 rings (SSSR count). The molecule has 0 aliphatic heterocycles. The standard InChI is InChI=1S/C14H25.Na/c1-6-7-8-9-14-12(4)10(2)11(3)13(14)5;/h6,10,12-14H,1,7-9H2,2-5H3;/q-1;+1. The van der Waals surface area contributed by atoms with Crippen molar-refractivity contribution in [1.29, 1.82) is 0 Å². The maximum Gasteiger partial charge on any atom is 1.00 e. The van der Waals surface area contributed by atoms with E-state index in [1.165, 1.54) is 19.3 Å². The first-order chi connectivity index (χ1) is 6.59. The molecule has 1 heteroatoms. The van der Waals surface area contributed by atoms with Gasteiger partial charge in [-0.1, -0.05) is 45.1 Å². The topological polar surface area (TPSA) is 0 Å². The van der Waals surface area contributed by atoms with Crippen LogP contribution < -0.4 is 29.6 Å². The van der Waals surface area contributed by atoms with Crippen LogP contribution in [0.15, 0.2) is 12.7 Å². The molecule has 0 radical (unpaired) electrons. The van der Waals surface area contributed by atoms with Crippen molar-refractivity contribution in [2.45, 2.75) is 47.0 Å². The summed E-state index contributed by atoms with van der Waals surface area (Å²) < 4.78 is 0. The zero-order chi connectivity index (χ0) is 10.7. The third-order valence-electron chi connectivity index (χ3n) is 4.49. The molecule has 0 aromatic carbocycles. The molecule has 1 aliphatic carbocycles. The van der Waals surface area contributed by atoms with E-state index in [-0.39, 0.29) is 29.6 Å². The zero-order valence-electron chi connectivity index (χ0n) is 11.2. The maximum atomic E-state index is 3.79. The van der Waals surface area contributed by atoms with E-state index in [0.29, 0.717) is 0 Å². The van der Waals surface area contributed by atoms with Crippen LogP contribution in [0.25, 0.3) is 0 Å². The van der Waals surface area contributed by atoms with Crippen LogP contribution in [0, 0.1) is 29.6 Å². The molecule has 0 bridgehead atoms. The van der Waals surface area contributed by atoms with Crippen molar-refractivity contribution in [3.8, 4) is 0 Å². The molecule has 1 saturated carbocycles. The van der Waals surface area contributed by atoms with Gasteiger partial charge in [0, 0.05) is 0 Å². The summed E-state index contributed by atoms with van der Waals surface area (Å²) in [7, 11) is 0. The van der Waals surface area contributed by atoms with E-state index in [4.69, 9.17) is 0 Å². The normalized spacial score (nSPS) is 36.3. The summed E-state index contributed by atoms with van der Waals surface area (Å²) in [5.74, 6) is 5.20. The summed E-state index contributed by atoms with van der Waals surface area (Å²) in [5.41, 5.74) is 0. The summed E-state index contributed by atoms with van der Waals surface area (Å²) in [6, 6.07) is 0. The number of hydrogen-bond acceptors (Lipinski definition) is 0. The average molecular weight is 216 g/mol. The predicted octanol–water partition coefficient (Wildman–Crippen LogP) is 1.48. The van der Waals surface area contributed by atoms with E-state index in [1.54, 1.807) is 5.92 Å². The second kappa shape index (κ2) is 7.14. The molecule has 0 spiro atoms. The van der Waals surface area contributed by atoms with Gasteiger partial charge in [-0.15, -0.1) is 6.58 Å². The fourth-order valence-corrected chi connectivity index (χ4v) is 3.00. The second-order valence-corrected chi connectivity index (χ2v) is 5.06. The molecule has 0 N–H and O–H groups in total. The Kier molecular flexibility index (Phi) is 7.49. The average Bonchev–Trinajstić information content (AvgIpc) is 2.35. The Morgan fingerprint density at radius 3 is 2.20 bits per heavy atom. The molecule has 4 unspecified atom stereocenters. The summed E-state index contributed by atoms with van der Waals surface area (Å²) >= 11 is 0. The van der Waals surface area contributed by atoms with Crippen LogP contribution in [0.2, 0.25) is 0 Å². The van der Waals surface area contributed by atoms with Crippen LogP contribution >= 0.6 is 0 Å². The number of rotatable bonds is 4. The Labute approximate surface area is 118 Å². The quantitative estimate of drug-likeness (QED) is 0.289. The Bertz CT molecular complexity index is 174. The largest absolute Gasteiger partial charge is 1.00 e.